The lowest BCUT2D eigenvalue weighted by atomic mass is 9.92. The van der Waals surface area contributed by atoms with Crippen molar-refractivity contribution in [3.63, 3.8) is 0 Å². The SMILES string of the molecule is CC(C)(C)c1c(N)nnn1Cc1c(Cl)cccc1Cl. The molecular weight excluding hydrogens is 283 g/mol. The van der Waals surface area contributed by atoms with Crippen molar-refractivity contribution in [2.24, 2.45) is 0 Å². The molecule has 2 aromatic rings. The van der Waals surface area contributed by atoms with Gasteiger partial charge in [0.15, 0.2) is 5.82 Å². The van der Waals surface area contributed by atoms with Crippen molar-refractivity contribution < 1.29 is 0 Å². The third-order valence-corrected chi connectivity index (χ3v) is 3.55. The van der Waals surface area contributed by atoms with Gasteiger partial charge in [0, 0.05) is 21.0 Å². The average molecular weight is 299 g/mol. The summed E-state index contributed by atoms with van der Waals surface area (Å²) in [6.07, 6.45) is 0. The number of nitrogen functional groups attached to an aromatic ring is 1. The summed E-state index contributed by atoms with van der Waals surface area (Å²) in [6.45, 7) is 6.64. The lowest BCUT2D eigenvalue weighted by Gasteiger charge is -2.20. The summed E-state index contributed by atoms with van der Waals surface area (Å²) < 4.78 is 1.75. The number of rotatable bonds is 2. The molecule has 1 aromatic carbocycles. The highest BCUT2D eigenvalue weighted by Crippen LogP contribution is 2.29. The molecule has 2 N–H and O–H groups in total. The number of anilines is 1. The Bertz CT molecular complexity index is 579. The molecule has 0 aliphatic carbocycles. The molecule has 0 fully saturated rings. The Morgan fingerprint density at radius 3 is 2.32 bits per heavy atom. The van der Waals surface area contributed by atoms with E-state index in [1.807, 2.05) is 6.07 Å². The van der Waals surface area contributed by atoms with Crippen LogP contribution in [0.1, 0.15) is 32.0 Å². The lowest BCUT2D eigenvalue weighted by molar-refractivity contribution is 0.503. The Kier molecular flexibility index (Phi) is 3.74. The number of benzene rings is 1. The molecule has 1 heterocycles. The summed E-state index contributed by atoms with van der Waals surface area (Å²) in [5.41, 5.74) is 7.44. The molecule has 0 radical (unpaired) electrons. The van der Waals surface area contributed by atoms with Gasteiger partial charge in [-0.3, -0.25) is 0 Å². The molecule has 0 bridgehead atoms. The molecular formula is C13H16Cl2N4. The van der Waals surface area contributed by atoms with Crippen molar-refractivity contribution in [3.8, 4) is 0 Å². The highest BCUT2D eigenvalue weighted by Gasteiger charge is 2.24. The van der Waals surface area contributed by atoms with Crippen molar-refractivity contribution in [1.29, 1.82) is 0 Å². The van der Waals surface area contributed by atoms with Gasteiger partial charge in [0.2, 0.25) is 0 Å². The molecule has 0 atom stereocenters. The Morgan fingerprint density at radius 1 is 1.21 bits per heavy atom. The van der Waals surface area contributed by atoms with Gasteiger partial charge in [-0.1, -0.05) is 55.3 Å². The number of nitrogens with two attached hydrogens (primary N) is 1. The first-order valence-corrected chi connectivity index (χ1v) is 6.68. The van der Waals surface area contributed by atoms with Gasteiger partial charge in [-0.05, 0) is 12.1 Å². The van der Waals surface area contributed by atoms with Crippen LogP contribution in [0.5, 0.6) is 0 Å². The third kappa shape index (κ3) is 2.85. The van der Waals surface area contributed by atoms with Crippen LogP contribution in [0.2, 0.25) is 10.0 Å². The number of nitrogens with zero attached hydrogens (tertiary/aromatic N) is 3. The fourth-order valence-corrected chi connectivity index (χ4v) is 2.56. The van der Waals surface area contributed by atoms with Crippen LogP contribution in [0.25, 0.3) is 0 Å². The Morgan fingerprint density at radius 2 is 1.79 bits per heavy atom. The fourth-order valence-electron chi connectivity index (χ4n) is 2.04. The van der Waals surface area contributed by atoms with Crippen LogP contribution < -0.4 is 5.73 Å². The van der Waals surface area contributed by atoms with Crippen molar-refractivity contribution >= 4 is 29.0 Å². The first-order valence-electron chi connectivity index (χ1n) is 5.93. The standard InChI is InChI=1S/C13H16Cl2N4/c1-13(2,3)11-12(16)17-18-19(11)7-8-9(14)5-4-6-10(8)15/h4-6H,7,16H2,1-3H3. The predicted molar refractivity (Wildman–Crippen MR) is 78.7 cm³/mol. The maximum absolute atomic E-state index is 6.18. The summed E-state index contributed by atoms with van der Waals surface area (Å²) >= 11 is 12.4. The molecule has 4 nitrogen and oxygen atoms in total. The fraction of sp³-hybridized carbons (Fsp3) is 0.385. The van der Waals surface area contributed by atoms with Gasteiger partial charge in [-0.25, -0.2) is 4.68 Å². The predicted octanol–water partition coefficient (Wildman–Crippen LogP) is 3.51. The quantitative estimate of drug-likeness (QED) is 0.923. The maximum atomic E-state index is 6.18. The van der Waals surface area contributed by atoms with E-state index < -0.39 is 0 Å². The van der Waals surface area contributed by atoms with Crippen molar-refractivity contribution in [3.05, 3.63) is 39.5 Å². The normalized spacial score (nSPS) is 11.8. The summed E-state index contributed by atoms with van der Waals surface area (Å²) in [7, 11) is 0. The van der Waals surface area contributed by atoms with Crippen molar-refractivity contribution in [2.75, 3.05) is 5.73 Å². The van der Waals surface area contributed by atoms with Gasteiger partial charge >= 0.3 is 0 Å². The molecule has 1 aromatic heterocycles. The molecule has 0 aliphatic rings. The first-order chi connectivity index (χ1) is 8.80. The van der Waals surface area contributed by atoms with E-state index in [1.165, 1.54) is 0 Å². The molecule has 0 amide bonds. The van der Waals surface area contributed by atoms with Gasteiger partial charge < -0.3 is 5.73 Å². The summed E-state index contributed by atoms with van der Waals surface area (Å²) in [5, 5.41) is 9.25. The molecule has 0 saturated carbocycles. The van der Waals surface area contributed by atoms with Crippen LogP contribution in [0.3, 0.4) is 0 Å². The van der Waals surface area contributed by atoms with Gasteiger partial charge in [0.1, 0.15) is 0 Å². The minimum absolute atomic E-state index is 0.151. The second kappa shape index (κ2) is 5.02. The van der Waals surface area contributed by atoms with Crippen LogP contribution in [-0.2, 0) is 12.0 Å². The zero-order chi connectivity index (χ0) is 14.2. The second-order valence-corrected chi connectivity index (χ2v) is 6.25. The summed E-state index contributed by atoms with van der Waals surface area (Å²) in [4.78, 5) is 0. The van der Waals surface area contributed by atoms with Crippen LogP contribution in [0.15, 0.2) is 18.2 Å². The average Bonchev–Trinajstić information content (AvgIpc) is 2.65. The largest absolute Gasteiger partial charge is 0.381 e. The van der Waals surface area contributed by atoms with Gasteiger partial charge in [-0.2, -0.15) is 0 Å². The Balaban J connectivity index is 2.46. The van der Waals surface area contributed by atoms with Crippen molar-refractivity contribution in [1.82, 2.24) is 15.0 Å². The number of halogens is 2. The second-order valence-electron chi connectivity index (χ2n) is 5.43. The van der Waals surface area contributed by atoms with Crippen molar-refractivity contribution in [2.45, 2.75) is 32.7 Å². The van der Waals surface area contributed by atoms with E-state index in [1.54, 1.807) is 16.8 Å². The van der Waals surface area contributed by atoms with E-state index in [4.69, 9.17) is 28.9 Å². The maximum Gasteiger partial charge on any atom is 0.169 e. The zero-order valence-corrected chi connectivity index (χ0v) is 12.6. The van der Waals surface area contributed by atoms with Crippen LogP contribution in [0.4, 0.5) is 5.82 Å². The monoisotopic (exact) mass is 298 g/mol. The third-order valence-electron chi connectivity index (χ3n) is 2.84. The van der Waals surface area contributed by atoms with E-state index >= 15 is 0 Å². The Hall–Kier alpha value is -1.26. The summed E-state index contributed by atoms with van der Waals surface area (Å²) in [5.74, 6) is 0.440. The number of aromatic nitrogens is 3. The molecule has 2 rings (SSSR count). The van der Waals surface area contributed by atoms with E-state index in [9.17, 15) is 0 Å². The molecule has 0 unspecified atom stereocenters. The zero-order valence-electron chi connectivity index (χ0n) is 11.1. The van der Waals surface area contributed by atoms with Gasteiger partial charge in [0.25, 0.3) is 0 Å². The Labute approximate surface area is 122 Å². The topological polar surface area (TPSA) is 56.7 Å². The molecule has 102 valence electrons. The highest BCUT2D eigenvalue weighted by atomic mass is 35.5. The molecule has 19 heavy (non-hydrogen) atoms. The number of hydrogen-bond acceptors (Lipinski definition) is 3. The summed E-state index contributed by atoms with van der Waals surface area (Å²) in [6, 6.07) is 5.42. The van der Waals surface area contributed by atoms with E-state index in [0.717, 1.165) is 11.3 Å². The van der Waals surface area contributed by atoms with Gasteiger partial charge in [-0.15, -0.1) is 5.10 Å². The first kappa shape index (κ1) is 14.2. The number of hydrogen-bond donors (Lipinski definition) is 1. The smallest absolute Gasteiger partial charge is 0.169 e. The van der Waals surface area contributed by atoms with E-state index in [0.29, 0.717) is 22.4 Å². The van der Waals surface area contributed by atoms with E-state index in [2.05, 4.69) is 31.1 Å². The van der Waals surface area contributed by atoms with Gasteiger partial charge in [0.05, 0.1) is 12.2 Å². The lowest BCUT2D eigenvalue weighted by Crippen LogP contribution is -2.20. The van der Waals surface area contributed by atoms with Crippen LogP contribution in [-0.4, -0.2) is 15.0 Å². The molecule has 0 aliphatic heterocycles. The van der Waals surface area contributed by atoms with E-state index in [-0.39, 0.29) is 5.41 Å². The van der Waals surface area contributed by atoms with Crippen LogP contribution in [0, 0.1) is 0 Å². The van der Waals surface area contributed by atoms with Crippen LogP contribution >= 0.6 is 23.2 Å². The minimum atomic E-state index is -0.151. The minimum Gasteiger partial charge on any atom is -0.381 e. The highest BCUT2D eigenvalue weighted by molar-refractivity contribution is 6.35. The molecule has 0 saturated heterocycles. The molecule has 6 heteroatoms. The molecule has 0 spiro atoms.